The van der Waals surface area contributed by atoms with Gasteiger partial charge in [-0.1, -0.05) is 25.1 Å². The van der Waals surface area contributed by atoms with Gasteiger partial charge >= 0.3 is 0 Å². The Labute approximate surface area is 115 Å². The van der Waals surface area contributed by atoms with Crippen LogP contribution in [0, 0.1) is 0 Å². The van der Waals surface area contributed by atoms with Crippen LogP contribution in [0.2, 0.25) is 0 Å². The predicted octanol–water partition coefficient (Wildman–Crippen LogP) is 2.31. The molecule has 0 radical (unpaired) electrons. The smallest absolute Gasteiger partial charge is 0.251 e. The van der Waals surface area contributed by atoms with Gasteiger partial charge in [0.2, 0.25) is 0 Å². The molecular formula is C13H16N4OS. The lowest BCUT2D eigenvalue weighted by atomic mass is 10.2. The summed E-state index contributed by atoms with van der Waals surface area (Å²) in [5.74, 6) is 0.789. The lowest BCUT2D eigenvalue weighted by Gasteiger charge is -2.04. The molecule has 2 rings (SSSR count). The van der Waals surface area contributed by atoms with Gasteiger partial charge in [0.15, 0.2) is 5.16 Å². The Balaban J connectivity index is 2.24. The first-order chi connectivity index (χ1) is 9.21. The molecule has 0 amide bonds. The minimum atomic E-state index is -0.108. The molecule has 2 N–H and O–H groups in total. The van der Waals surface area contributed by atoms with Crippen LogP contribution in [0.1, 0.15) is 19.0 Å². The molecule has 0 spiro atoms. The van der Waals surface area contributed by atoms with Crippen molar-refractivity contribution in [2.24, 2.45) is 0 Å². The zero-order valence-corrected chi connectivity index (χ0v) is 11.8. The van der Waals surface area contributed by atoms with Crippen molar-refractivity contribution in [3.63, 3.8) is 0 Å². The van der Waals surface area contributed by atoms with Crippen molar-refractivity contribution >= 4 is 17.6 Å². The predicted molar refractivity (Wildman–Crippen MR) is 76.8 cm³/mol. The van der Waals surface area contributed by atoms with Gasteiger partial charge in [-0.15, -0.1) is 0 Å². The van der Waals surface area contributed by atoms with E-state index in [0.29, 0.717) is 5.16 Å². The summed E-state index contributed by atoms with van der Waals surface area (Å²) in [4.78, 5) is 23.9. The van der Waals surface area contributed by atoms with Gasteiger partial charge in [-0.3, -0.25) is 4.79 Å². The summed E-state index contributed by atoms with van der Waals surface area (Å²) in [5.41, 5.74) is 0.723. The second-order valence-electron chi connectivity index (χ2n) is 4.02. The van der Waals surface area contributed by atoms with Crippen LogP contribution in [-0.4, -0.2) is 22.0 Å². The molecule has 19 heavy (non-hydrogen) atoms. The summed E-state index contributed by atoms with van der Waals surface area (Å²) in [7, 11) is 1.82. The van der Waals surface area contributed by atoms with Crippen molar-refractivity contribution in [3.8, 4) is 0 Å². The lowest BCUT2D eigenvalue weighted by Crippen LogP contribution is -2.09. The monoisotopic (exact) mass is 276 g/mol. The van der Waals surface area contributed by atoms with E-state index in [1.54, 1.807) is 12.3 Å². The molecule has 2 aromatic rings. The second kappa shape index (κ2) is 6.38. The fraction of sp³-hybridized carbons (Fsp3) is 0.308. The van der Waals surface area contributed by atoms with Crippen molar-refractivity contribution in [2.75, 3.05) is 12.4 Å². The van der Waals surface area contributed by atoms with Gasteiger partial charge in [0.25, 0.3) is 5.56 Å². The summed E-state index contributed by atoms with van der Waals surface area (Å²) in [6.07, 6.45) is 3.51. The zero-order valence-electron chi connectivity index (χ0n) is 10.9. The van der Waals surface area contributed by atoms with E-state index in [-0.39, 0.29) is 5.56 Å². The minimum Gasteiger partial charge on any atom is -0.373 e. The molecule has 0 saturated carbocycles. The third-order valence-electron chi connectivity index (χ3n) is 2.48. The van der Waals surface area contributed by atoms with Crippen molar-refractivity contribution in [3.05, 3.63) is 40.4 Å². The van der Waals surface area contributed by atoms with Crippen molar-refractivity contribution in [1.82, 2.24) is 15.0 Å². The Morgan fingerprint density at radius 3 is 3.00 bits per heavy atom. The molecule has 2 heterocycles. The fourth-order valence-electron chi connectivity index (χ4n) is 1.64. The number of nitrogens with one attached hydrogen (secondary N) is 2. The highest BCUT2D eigenvalue weighted by molar-refractivity contribution is 7.99. The number of pyridine rings is 1. The summed E-state index contributed by atoms with van der Waals surface area (Å²) in [5, 5.41) is 3.59. The lowest BCUT2D eigenvalue weighted by molar-refractivity contribution is 0.816. The zero-order chi connectivity index (χ0) is 13.7. The van der Waals surface area contributed by atoms with Crippen LogP contribution in [0.4, 0.5) is 5.82 Å². The second-order valence-corrected chi connectivity index (χ2v) is 5.08. The number of aromatic amines is 1. The van der Waals surface area contributed by atoms with E-state index in [1.165, 1.54) is 11.8 Å². The largest absolute Gasteiger partial charge is 0.373 e. The molecule has 0 fully saturated rings. The van der Waals surface area contributed by atoms with Gasteiger partial charge in [-0.05, 0) is 18.6 Å². The van der Waals surface area contributed by atoms with Crippen LogP contribution < -0.4 is 10.9 Å². The molecule has 0 bridgehead atoms. The molecule has 0 aliphatic carbocycles. The average molecular weight is 276 g/mol. The van der Waals surface area contributed by atoms with Crippen molar-refractivity contribution in [2.45, 2.75) is 29.8 Å². The molecule has 5 nitrogen and oxygen atoms in total. The number of hydrogen-bond donors (Lipinski definition) is 2. The van der Waals surface area contributed by atoms with Crippen LogP contribution >= 0.6 is 11.8 Å². The van der Waals surface area contributed by atoms with E-state index in [2.05, 4.69) is 27.2 Å². The number of nitrogens with zero attached hydrogens (tertiary/aromatic N) is 2. The quantitative estimate of drug-likeness (QED) is 0.820. The highest BCUT2D eigenvalue weighted by Crippen LogP contribution is 2.25. The third-order valence-corrected chi connectivity index (χ3v) is 3.36. The first-order valence-corrected chi connectivity index (χ1v) is 6.95. The highest BCUT2D eigenvalue weighted by atomic mass is 32.2. The van der Waals surface area contributed by atoms with Gasteiger partial charge in [0.1, 0.15) is 5.82 Å². The van der Waals surface area contributed by atoms with Crippen molar-refractivity contribution in [1.29, 1.82) is 0 Å². The van der Waals surface area contributed by atoms with Gasteiger partial charge in [-0.2, -0.15) is 0 Å². The molecule has 100 valence electrons. The standard InChI is InChI=1S/C13H16N4OS/c1-3-4-9-7-12(18)17-13(16-9)19-10-5-6-15-11(8-10)14-2/h5-8H,3-4H2,1-2H3,(H,14,15)(H,16,17,18). The van der Waals surface area contributed by atoms with Crippen LogP contribution in [-0.2, 0) is 6.42 Å². The maximum Gasteiger partial charge on any atom is 0.251 e. The molecule has 0 aliphatic heterocycles. The molecule has 0 aliphatic rings. The van der Waals surface area contributed by atoms with Crippen LogP contribution in [0.15, 0.2) is 39.2 Å². The Morgan fingerprint density at radius 2 is 2.26 bits per heavy atom. The van der Waals surface area contributed by atoms with E-state index in [4.69, 9.17) is 0 Å². The SMILES string of the molecule is CCCc1cc(=O)[nH]c(Sc2ccnc(NC)c2)n1. The average Bonchev–Trinajstić information content (AvgIpc) is 2.38. The first-order valence-electron chi connectivity index (χ1n) is 6.13. The Morgan fingerprint density at radius 1 is 1.42 bits per heavy atom. The summed E-state index contributed by atoms with van der Waals surface area (Å²) < 4.78 is 0. The van der Waals surface area contributed by atoms with Crippen LogP contribution in [0.5, 0.6) is 0 Å². The fourth-order valence-corrected chi connectivity index (χ4v) is 2.48. The maximum atomic E-state index is 11.6. The first kappa shape index (κ1) is 13.6. The summed E-state index contributed by atoms with van der Waals surface area (Å²) >= 11 is 1.42. The number of anilines is 1. The molecule has 2 aromatic heterocycles. The maximum absolute atomic E-state index is 11.6. The molecule has 0 aromatic carbocycles. The Hall–Kier alpha value is -1.82. The highest BCUT2D eigenvalue weighted by Gasteiger charge is 2.04. The molecular weight excluding hydrogens is 260 g/mol. The number of rotatable bonds is 5. The number of aromatic nitrogens is 3. The molecule has 6 heteroatoms. The third kappa shape index (κ3) is 3.82. The molecule has 0 unspecified atom stereocenters. The van der Waals surface area contributed by atoms with Crippen LogP contribution in [0.25, 0.3) is 0 Å². The van der Waals surface area contributed by atoms with Gasteiger partial charge < -0.3 is 10.3 Å². The van der Waals surface area contributed by atoms with Gasteiger partial charge in [0.05, 0.1) is 0 Å². The van der Waals surface area contributed by atoms with E-state index in [1.807, 2.05) is 19.2 Å². The van der Waals surface area contributed by atoms with E-state index in [0.717, 1.165) is 29.2 Å². The van der Waals surface area contributed by atoms with Gasteiger partial charge in [-0.25, -0.2) is 9.97 Å². The Kier molecular flexibility index (Phi) is 4.57. The summed E-state index contributed by atoms with van der Waals surface area (Å²) in [6.45, 7) is 2.07. The number of aryl methyl sites for hydroxylation is 1. The Bertz CT molecular complexity index is 612. The molecule has 0 atom stereocenters. The minimum absolute atomic E-state index is 0.108. The normalized spacial score (nSPS) is 10.4. The van der Waals surface area contributed by atoms with E-state index < -0.39 is 0 Å². The number of H-pyrrole nitrogens is 1. The summed E-state index contributed by atoms with van der Waals surface area (Å²) in [6, 6.07) is 5.36. The van der Waals surface area contributed by atoms with Gasteiger partial charge in [0, 0.05) is 29.9 Å². The van der Waals surface area contributed by atoms with E-state index in [9.17, 15) is 4.79 Å². The molecule has 0 saturated heterocycles. The topological polar surface area (TPSA) is 70.7 Å². The van der Waals surface area contributed by atoms with Crippen molar-refractivity contribution < 1.29 is 0 Å². The number of hydrogen-bond acceptors (Lipinski definition) is 5. The van der Waals surface area contributed by atoms with E-state index >= 15 is 0 Å². The van der Waals surface area contributed by atoms with Crippen LogP contribution in [0.3, 0.4) is 0 Å².